The van der Waals surface area contributed by atoms with Crippen molar-refractivity contribution in [2.24, 2.45) is 5.92 Å². The Labute approximate surface area is 128 Å². The van der Waals surface area contributed by atoms with E-state index in [4.69, 9.17) is 9.47 Å². The molecule has 118 valence electrons. The number of aryl methyl sites for hydroxylation is 2. The van der Waals surface area contributed by atoms with Gasteiger partial charge in [0.05, 0.1) is 12.7 Å². The van der Waals surface area contributed by atoms with Crippen LogP contribution in [0.5, 0.6) is 5.75 Å². The van der Waals surface area contributed by atoms with Gasteiger partial charge in [0.1, 0.15) is 11.9 Å². The molecular formula is C18H28O3. The van der Waals surface area contributed by atoms with Crippen LogP contribution in [0.15, 0.2) is 12.1 Å². The number of hydrogen-bond donors (Lipinski definition) is 1. The molecular weight excluding hydrogens is 264 g/mol. The maximum Gasteiger partial charge on any atom is 0.125 e. The number of ether oxygens (including phenoxy) is 2. The summed E-state index contributed by atoms with van der Waals surface area (Å²) in [7, 11) is 3.38. The van der Waals surface area contributed by atoms with Crippen LogP contribution in [0.2, 0.25) is 0 Å². The molecule has 0 saturated heterocycles. The van der Waals surface area contributed by atoms with Gasteiger partial charge in [-0.1, -0.05) is 25.8 Å². The molecule has 0 bridgehead atoms. The average molecular weight is 292 g/mol. The Balaban J connectivity index is 2.44. The van der Waals surface area contributed by atoms with E-state index in [1.165, 1.54) is 6.42 Å². The fourth-order valence-corrected chi connectivity index (χ4v) is 3.81. The zero-order valence-corrected chi connectivity index (χ0v) is 13.9. The van der Waals surface area contributed by atoms with Gasteiger partial charge in [-0.2, -0.15) is 0 Å². The van der Waals surface area contributed by atoms with Crippen LogP contribution in [0, 0.1) is 19.8 Å². The van der Waals surface area contributed by atoms with E-state index < -0.39 is 11.7 Å². The molecule has 0 aromatic heterocycles. The van der Waals surface area contributed by atoms with Gasteiger partial charge in [0.2, 0.25) is 0 Å². The predicted octanol–water partition coefficient (Wildman–Crippen LogP) is 3.94. The van der Waals surface area contributed by atoms with Crippen LogP contribution >= 0.6 is 0 Å². The molecule has 1 N–H and O–H groups in total. The number of hydrogen-bond acceptors (Lipinski definition) is 3. The van der Waals surface area contributed by atoms with E-state index in [9.17, 15) is 5.11 Å². The van der Waals surface area contributed by atoms with Gasteiger partial charge in [0.25, 0.3) is 0 Å². The normalized spacial score (nSPS) is 27.4. The molecule has 0 aliphatic heterocycles. The van der Waals surface area contributed by atoms with Crippen LogP contribution in [-0.4, -0.2) is 24.9 Å². The summed E-state index contributed by atoms with van der Waals surface area (Å²) in [6.45, 7) is 6.31. The van der Waals surface area contributed by atoms with Crippen molar-refractivity contribution in [3.8, 4) is 5.75 Å². The maximum atomic E-state index is 11.1. The number of aliphatic hydroxyl groups is 1. The van der Waals surface area contributed by atoms with Crippen LogP contribution in [0.3, 0.4) is 0 Å². The highest BCUT2D eigenvalue weighted by molar-refractivity contribution is 5.45. The lowest BCUT2D eigenvalue weighted by atomic mass is 9.73. The van der Waals surface area contributed by atoms with E-state index in [1.54, 1.807) is 14.2 Å². The van der Waals surface area contributed by atoms with Crippen molar-refractivity contribution in [1.29, 1.82) is 0 Å². The number of benzene rings is 1. The molecule has 1 fully saturated rings. The second-order valence-electron chi connectivity index (χ2n) is 6.57. The maximum absolute atomic E-state index is 11.1. The van der Waals surface area contributed by atoms with Gasteiger partial charge in [-0.3, -0.25) is 0 Å². The summed E-state index contributed by atoms with van der Waals surface area (Å²) in [6, 6.07) is 4.08. The van der Waals surface area contributed by atoms with Crippen LogP contribution in [-0.2, 0) is 4.74 Å². The first-order valence-electron chi connectivity index (χ1n) is 7.82. The molecule has 0 radical (unpaired) electrons. The van der Waals surface area contributed by atoms with Gasteiger partial charge in [-0.25, -0.2) is 0 Å². The lowest BCUT2D eigenvalue weighted by Crippen LogP contribution is -2.43. The summed E-state index contributed by atoms with van der Waals surface area (Å²) >= 11 is 0. The Morgan fingerprint density at radius 2 is 2.00 bits per heavy atom. The molecule has 3 heteroatoms. The number of aliphatic hydroxyl groups excluding tert-OH is 1. The van der Waals surface area contributed by atoms with Gasteiger partial charge < -0.3 is 14.6 Å². The standard InChI is InChI=1S/C18H28O3/c1-12-7-6-8-18(11-12,21-5)17(19)16-14(3)9-13(2)10-15(16)20-4/h9-10,12,17,19H,6-8,11H2,1-5H3. The molecule has 1 aromatic carbocycles. The third-order valence-electron chi connectivity index (χ3n) is 4.88. The van der Waals surface area contributed by atoms with Crippen molar-refractivity contribution in [3.05, 3.63) is 28.8 Å². The number of rotatable bonds is 4. The van der Waals surface area contributed by atoms with Crippen molar-refractivity contribution in [2.75, 3.05) is 14.2 Å². The summed E-state index contributed by atoms with van der Waals surface area (Å²) in [6.07, 6.45) is 3.44. The van der Waals surface area contributed by atoms with Gasteiger partial charge in [-0.15, -0.1) is 0 Å². The summed E-state index contributed by atoms with van der Waals surface area (Å²) in [5, 5.41) is 11.1. The quantitative estimate of drug-likeness (QED) is 0.913. The average Bonchev–Trinajstić information content (AvgIpc) is 2.45. The first-order valence-corrected chi connectivity index (χ1v) is 7.82. The Hall–Kier alpha value is -1.06. The molecule has 1 saturated carbocycles. The van der Waals surface area contributed by atoms with E-state index in [0.29, 0.717) is 5.92 Å². The van der Waals surface area contributed by atoms with Crippen molar-refractivity contribution in [2.45, 2.75) is 58.2 Å². The Morgan fingerprint density at radius 3 is 2.57 bits per heavy atom. The molecule has 2 rings (SSSR count). The molecule has 3 atom stereocenters. The lowest BCUT2D eigenvalue weighted by molar-refractivity contribution is -0.134. The molecule has 0 spiro atoms. The van der Waals surface area contributed by atoms with Gasteiger partial charge in [0, 0.05) is 12.7 Å². The monoisotopic (exact) mass is 292 g/mol. The Kier molecular flexibility index (Phi) is 4.95. The van der Waals surface area contributed by atoms with Crippen molar-refractivity contribution < 1.29 is 14.6 Å². The topological polar surface area (TPSA) is 38.7 Å². The van der Waals surface area contributed by atoms with Crippen molar-refractivity contribution in [3.63, 3.8) is 0 Å². The van der Waals surface area contributed by atoms with E-state index in [0.717, 1.165) is 41.7 Å². The summed E-state index contributed by atoms with van der Waals surface area (Å²) in [4.78, 5) is 0. The van der Waals surface area contributed by atoms with Crippen molar-refractivity contribution in [1.82, 2.24) is 0 Å². The van der Waals surface area contributed by atoms with E-state index in [2.05, 4.69) is 13.0 Å². The van der Waals surface area contributed by atoms with E-state index in [-0.39, 0.29) is 0 Å². The molecule has 1 aromatic rings. The fraction of sp³-hybridized carbons (Fsp3) is 0.667. The third-order valence-corrected chi connectivity index (χ3v) is 4.88. The van der Waals surface area contributed by atoms with Crippen LogP contribution in [0.4, 0.5) is 0 Å². The minimum absolute atomic E-state index is 0.495. The fourth-order valence-electron chi connectivity index (χ4n) is 3.81. The smallest absolute Gasteiger partial charge is 0.125 e. The predicted molar refractivity (Wildman–Crippen MR) is 84.8 cm³/mol. The van der Waals surface area contributed by atoms with Gasteiger partial charge in [-0.05, 0) is 49.8 Å². The molecule has 21 heavy (non-hydrogen) atoms. The zero-order chi connectivity index (χ0) is 15.6. The zero-order valence-electron chi connectivity index (χ0n) is 13.9. The minimum Gasteiger partial charge on any atom is -0.496 e. The van der Waals surface area contributed by atoms with Crippen LogP contribution in [0.25, 0.3) is 0 Å². The highest BCUT2D eigenvalue weighted by Gasteiger charge is 2.43. The second-order valence-corrected chi connectivity index (χ2v) is 6.57. The lowest BCUT2D eigenvalue weighted by Gasteiger charge is -2.43. The van der Waals surface area contributed by atoms with Crippen molar-refractivity contribution >= 4 is 0 Å². The molecule has 1 aliphatic rings. The van der Waals surface area contributed by atoms with Crippen LogP contribution < -0.4 is 4.74 Å². The molecule has 3 nitrogen and oxygen atoms in total. The summed E-state index contributed by atoms with van der Waals surface area (Å²) < 4.78 is 11.4. The first-order chi connectivity index (χ1) is 9.93. The SMILES string of the molecule is COc1cc(C)cc(C)c1C(O)C1(OC)CCCC(C)C1. The minimum atomic E-state index is -0.652. The van der Waals surface area contributed by atoms with Gasteiger partial charge in [0.15, 0.2) is 0 Å². The highest BCUT2D eigenvalue weighted by atomic mass is 16.5. The molecule has 1 aliphatic carbocycles. The Bertz CT molecular complexity index is 497. The van der Waals surface area contributed by atoms with Crippen LogP contribution in [0.1, 0.15) is 55.4 Å². The van der Waals surface area contributed by atoms with E-state index >= 15 is 0 Å². The second kappa shape index (κ2) is 6.37. The largest absolute Gasteiger partial charge is 0.496 e. The summed E-state index contributed by atoms with van der Waals surface area (Å²) in [5.41, 5.74) is 2.59. The molecule has 0 heterocycles. The summed E-state index contributed by atoms with van der Waals surface area (Å²) in [5.74, 6) is 1.33. The molecule has 0 amide bonds. The first kappa shape index (κ1) is 16.3. The molecule has 3 unspecified atom stereocenters. The Morgan fingerprint density at radius 1 is 1.29 bits per heavy atom. The number of methoxy groups -OCH3 is 2. The van der Waals surface area contributed by atoms with E-state index in [1.807, 2.05) is 19.9 Å². The van der Waals surface area contributed by atoms with Gasteiger partial charge >= 0.3 is 0 Å². The highest BCUT2D eigenvalue weighted by Crippen LogP contribution is 2.46. The third kappa shape index (κ3) is 3.09.